The van der Waals surface area contributed by atoms with Crippen LogP contribution in [0.3, 0.4) is 0 Å². The van der Waals surface area contributed by atoms with Gasteiger partial charge in [-0.1, -0.05) is 18.2 Å². The lowest BCUT2D eigenvalue weighted by molar-refractivity contribution is -0.121. The molecule has 0 atom stereocenters. The molecule has 170 valence electrons. The molecule has 1 aromatic heterocycles. The quantitative estimate of drug-likeness (QED) is 0.506. The molecule has 0 saturated carbocycles. The highest BCUT2D eigenvalue weighted by Crippen LogP contribution is 2.32. The van der Waals surface area contributed by atoms with Crippen LogP contribution in [0.4, 0.5) is 0 Å². The number of fused-ring (bicyclic) bond motifs is 1. The molecule has 2 heterocycles. The first-order valence-electron chi connectivity index (χ1n) is 11.6. The molecule has 1 aliphatic rings. The van der Waals surface area contributed by atoms with Gasteiger partial charge in [-0.15, -0.1) is 0 Å². The molecule has 6 nitrogen and oxygen atoms in total. The Labute approximate surface area is 190 Å². The number of para-hydroxylation sites is 1. The van der Waals surface area contributed by atoms with E-state index in [4.69, 9.17) is 4.74 Å². The molecular weight excluding hydrogens is 400 g/mol. The number of rotatable bonds is 9. The number of nitrogens with zero attached hydrogens (tertiary/aromatic N) is 2. The summed E-state index contributed by atoms with van der Waals surface area (Å²) in [5, 5.41) is 4.29. The summed E-state index contributed by atoms with van der Waals surface area (Å²) >= 11 is 0. The second-order valence-electron chi connectivity index (χ2n) is 8.60. The van der Waals surface area contributed by atoms with Gasteiger partial charge in [0.25, 0.3) is 0 Å². The maximum Gasteiger partial charge on any atom is 0.220 e. The molecule has 4 rings (SSSR count). The number of piperazine rings is 1. The number of hydrogen-bond acceptors (Lipinski definition) is 4. The van der Waals surface area contributed by atoms with Crippen LogP contribution in [0.25, 0.3) is 22.2 Å². The molecule has 0 radical (unpaired) electrons. The van der Waals surface area contributed by atoms with E-state index in [9.17, 15) is 4.79 Å². The van der Waals surface area contributed by atoms with E-state index >= 15 is 0 Å². The van der Waals surface area contributed by atoms with E-state index in [2.05, 4.69) is 57.5 Å². The smallest absolute Gasteiger partial charge is 0.220 e. The van der Waals surface area contributed by atoms with E-state index in [0.717, 1.165) is 68.2 Å². The van der Waals surface area contributed by atoms with Crippen molar-refractivity contribution in [3.05, 3.63) is 54.1 Å². The van der Waals surface area contributed by atoms with Gasteiger partial charge in [0.2, 0.25) is 5.91 Å². The van der Waals surface area contributed by atoms with Crippen LogP contribution in [0, 0.1) is 0 Å². The van der Waals surface area contributed by atoms with Gasteiger partial charge in [-0.05, 0) is 67.9 Å². The number of hydrogen-bond donors (Lipinski definition) is 2. The molecule has 2 aromatic carbocycles. The molecule has 1 saturated heterocycles. The van der Waals surface area contributed by atoms with Gasteiger partial charge in [-0.2, -0.15) is 0 Å². The number of aromatic amines is 1. The fraction of sp³-hybridized carbons (Fsp3) is 0.423. The average molecular weight is 435 g/mol. The Hall–Kier alpha value is -2.83. The van der Waals surface area contributed by atoms with Gasteiger partial charge in [0.15, 0.2) is 0 Å². The summed E-state index contributed by atoms with van der Waals surface area (Å²) in [7, 11) is 3.85. The lowest BCUT2D eigenvalue weighted by Gasteiger charge is -2.32. The van der Waals surface area contributed by atoms with Crippen LogP contribution in [0.1, 0.15) is 18.4 Å². The summed E-state index contributed by atoms with van der Waals surface area (Å²) in [4.78, 5) is 20.9. The molecule has 0 unspecified atom stereocenters. The molecular formula is C26H34N4O2. The Morgan fingerprint density at radius 1 is 1.06 bits per heavy atom. The number of aromatic nitrogens is 1. The molecule has 0 bridgehead atoms. The maximum atomic E-state index is 12.5. The van der Waals surface area contributed by atoms with Gasteiger partial charge < -0.3 is 24.8 Å². The summed E-state index contributed by atoms with van der Waals surface area (Å²) in [6.45, 7) is 6.31. The standard InChI is InChI=1S/C26H34N4O2/c1-29-16-18-30(19-17-29)15-5-14-27-25(31)13-12-23-22-6-3-4-7-24(22)28-26(23)20-8-10-21(32-2)11-9-20/h3-4,6-11,28H,5,12-19H2,1-2H3,(H,27,31). The van der Waals surface area contributed by atoms with Crippen molar-refractivity contribution < 1.29 is 9.53 Å². The van der Waals surface area contributed by atoms with E-state index < -0.39 is 0 Å². The molecule has 2 N–H and O–H groups in total. The third kappa shape index (κ3) is 5.50. The number of methoxy groups -OCH3 is 1. The van der Waals surface area contributed by atoms with Crippen molar-refractivity contribution in [2.45, 2.75) is 19.3 Å². The number of benzene rings is 2. The Morgan fingerprint density at radius 3 is 2.56 bits per heavy atom. The highest BCUT2D eigenvalue weighted by Gasteiger charge is 2.15. The number of H-pyrrole nitrogens is 1. The summed E-state index contributed by atoms with van der Waals surface area (Å²) < 4.78 is 5.30. The van der Waals surface area contributed by atoms with E-state index in [-0.39, 0.29) is 5.91 Å². The van der Waals surface area contributed by atoms with Crippen LogP contribution in [0.15, 0.2) is 48.5 Å². The molecule has 3 aromatic rings. The van der Waals surface area contributed by atoms with E-state index in [1.807, 2.05) is 18.2 Å². The summed E-state index contributed by atoms with van der Waals surface area (Å²) in [6, 6.07) is 16.4. The first-order valence-corrected chi connectivity index (χ1v) is 11.6. The van der Waals surface area contributed by atoms with Gasteiger partial charge in [0, 0.05) is 55.7 Å². The Bertz CT molecular complexity index is 1020. The Balaban J connectivity index is 1.34. The Morgan fingerprint density at radius 2 is 1.81 bits per heavy atom. The summed E-state index contributed by atoms with van der Waals surface area (Å²) in [6.07, 6.45) is 2.19. The van der Waals surface area contributed by atoms with Crippen molar-refractivity contribution in [3.8, 4) is 17.0 Å². The topological polar surface area (TPSA) is 60.6 Å². The maximum absolute atomic E-state index is 12.5. The summed E-state index contributed by atoms with van der Waals surface area (Å²) in [5.74, 6) is 0.955. The second-order valence-corrected chi connectivity index (χ2v) is 8.60. The highest BCUT2D eigenvalue weighted by atomic mass is 16.5. The minimum atomic E-state index is 0.120. The molecule has 1 aliphatic heterocycles. The van der Waals surface area contributed by atoms with Gasteiger partial charge in [0.1, 0.15) is 5.75 Å². The number of likely N-dealkylation sites (N-methyl/N-ethyl adjacent to an activating group) is 1. The average Bonchev–Trinajstić information content (AvgIpc) is 3.20. The zero-order valence-corrected chi connectivity index (χ0v) is 19.2. The van der Waals surface area contributed by atoms with Crippen LogP contribution >= 0.6 is 0 Å². The molecule has 32 heavy (non-hydrogen) atoms. The van der Waals surface area contributed by atoms with Crippen LogP contribution in [-0.4, -0.2) is 74.1 Å². The lowest BCUT2D eigenvalue weighted by atomic mass is 10.0. The second kappa shape index (κ2) is 10.7. The third-order valence-corrected chi connectivity index (χ3v) is 6.36. The molecule has 0 spiro atoms. The van der Waals surface area contributed by atoms with Crippen molar-refractivity contribution in [2.75, 3.05) is 53.4 Å². The Kier molecular flexibility index (Phi) is 7.45. The first-order chi connectivity index (χ1) is 15.6. The fourth-order valence-electron chi connectivity index (χ4n) is 4.39. The van der Waals surface area contributed by atoms with Gasteiger partial charge in [0.05, 0.1) is 7.11 Å². The molecule has 1 fully saturated rings. The zero-order valence-electron chi connectivity index (χ0n) is 19.2. The number of amides is 1. The largest absolute Gasteiger partial charge is 0.497 e. The van der Waals surface area contributed by atoms with Crippen molar-refractivity contribution in [3.63, 3.8) is 0 Å². The number of nitrogens with one attached hydrogen (secondary N) is 2. The van der Waals surface area contributed by atoms with Crippen LogP contribution in [0.5, 0.6) is 5.75 Å². The van der Waals surface area contributed by atoms with Crippen molar-refractivity contribution >= 4 is 16.8 Å². The number of aryl methyl sites for hydroxylation is 1. The minimum Gasteiger partial charge on any atom is -0.497 e. The van der Waals surface area contributed by atoms with Gasteiger partial charge in [-0.3, -0.25) is 4.79 Å². The van der Waals surface area contributed by atoms with Crippen molar-refractivity contribution in [1.29, 1.82) is 0 Å². The predicted molar refractivity (Wildman–Crippen MR) is 130 cm³/mol. The molecule has 1 amide bonds. The normalized spacial score (nSPS) is 15.2. The number of ether oxygens (including phenoxy) is 1. The van der Waals surface area contributed by atoms with Gasteiger partial charge in [-0.25, -0.2) is 0 Å². The van der Waals surface area contributed by atoms with Gasteiger partial charge >= 0.3 is 0 Å². The number of carbonyl (C=O) groups excluding carboxylic acids is 1. The van der Waals surface area contributed by atoms with E-state index in [1.165, 1.54) is 10.9 Å². The molecule has 0 aliphatic carbocycles. The number of carbonyl (C=O) groups is 1. The fourth-order valence-corrected chi connectivity index (χ4v) is 4.39. The van der Waals surface area contributed by atoms with E-state index in [0.29, 0.717) is 12.8 Å². The van der Waals surface area contributed by atoms with Crippen molar-refractivity contribution in [2.24, 2.45) is 0 Å². The first kappa shape index (κ1) is 22.4. The van der Waals surface area contributed by atoms with Crippen LogP contribution < -0.4 is 10.1 Å². The highest BCUT2D eigenvalue weighted by molar-refractivity contribution is 5.91. The monoisotopic (exact) mass is 434 g/mol. The predicted octanol–water partition coefficient (Wildman–Crippen LogP) is 3.53. The summed E-state index contributed by atoms with van der Waals surface area (Å²) in [5.41, 5.74) is 4.47. The SMILES string of the molecule is COc1ccc(-c2[nH]c3ccccc3c2CCC(=O)NCCCN2CCN(C)CC2)cc1. The van der Waals surface area contributed by atoms with Crippen LogP contribution in [0.2, 0.25) is 0 Å². The van der Waals surface area contributed by atoms with Crippen LogP contribution in [-0.2, 0) is 11.2 Å². The zero-order chi connectivity index (χ0) is 22.3. The van der Waals surface area contributed by atoms with E-state index in [1.54, 1.807) is 7.11 Å². The lowest BCUT2D eigenvalue weighted by Crippen LogP contribution is -2.45. The van der Waals surface area contributed by atoms with Crippen molar-refractivity contribution in [1.82, 2.24) is 20.1 Å². The minimum absolute atomic E-state index is 0.120. The third-order valence-electron chi connectivity index (χ3n) is 6.36. The molecule has 6 heteroatoms.